The zero-order valence-corrected chi connectivity index (χ0v) is 25.5. The molecule has 0 bridgehead atoms. The molecule has 0 nitrogen and oxygen atoms in total. The Bertz CT molecular complexity index is 726. The SMILES string of the molecule is FC(F)(I)C(F)(Cl)C(F)(F)C(F)(Cl)C(F)(F)I.FC(F)(I)C(F)(F)C(F)(F)C(F)(F)C(F)(F)C(F)(F)I. The van der Waals surface area contributed by atoms with E-state index in [-0.39, 0.29) is 45.2 Å². The summed E-state index contributed by atoms with van der Waals surface area (Å²) in [6.07, 6.45) is 0. The molecule has 2 atom stereocenters. The quantitative estimate of drug-likeness (QED) is 0.123. The zero-order chi connectivity index (χ0) is 31.5. The summed E-state index contributed by atoms with van der Waals surface area (Å²) >= 11 is 6.56. The smallest absolute Gasteiger partial charge is 0.211 e. The molecule has 37 heavy (non-hydrogen) atoms. The minimum absolute atomic E-state index is 0.180. The monoisotopic (exact) mass is 1090 g/mol. The first-order chi connectivity index (χ1) is 15.2. The van der Waals surface area contributed by atoms with E-state index in [1.54, 1.807) is 0 Å². The second-order valence-electron chi connectivity index (χ2n) is 6.01. The van der Waals surface area contributed by atoms with Gasteiger partial charge in [-0.2, -0.15) is 79.0 Å². The van der Waals surface area contributed by atoms with Gasteiger partial charge in [0.2, 0.25) is 0 Å². The van der Waals surface area contributed by atoms with E-state index in [1.807, 2.05) is 0 Å². The van der Waals surface area contributed by atoms with Gasteiger partial charge in [-0.15, -0.1) is 0 Å². The van der Waals surface area contributed by atoms with E-state index in [0.717, 1.165) is 0 Å². The molecular formula is C11Cl2F20I4. The van der Waals surface area contributed by atoms with Crippen molar-refractivity contribution in [2.75, 3.05) is 0 Å². The summed E-state index contributed by atoms with van der Waals surface area (Å²) in [5, 5.41) is -10.8. The molecule has 0 saturated heterocycles. The van der Waals surface area contributed by atoms with Gasteiger partial charge in [0, 0.05) is 90.4 Å². The highest BCUT2D eigenvalue weighted by Gasteiger charge is 2.89. The van der Waals surface area contributed by atoms with Gasteiger partial charge in [0.05, 0.1) is 0 Å². The Morgan fingerprint density at radius 3 is 0.541 bits per heavy atom. The molecule has 0 fully saturated rings. The molecule has 226 valence electrons. The Hall–Kier alpha value is 2.10. The zero-order valence-electron chi connectivity index (χ0n) is 15.3. The average Bonchev–Trinajstić information content (AvgIpc) is 2.57. The largest absolute Gasteiger partial charge is 0.387 e. The van der Waals surface area contributed by atoms with E-state index in [9.17, 15) is 87.8 Å². The number of hydrogen-bond donors (Lipinski definition) is 0. The molecule has 0 saturated carbocycles. The van der Waals surface area contributed by atoms with Crippen LogP contribution < -0.4 is 0 Å². The highest BCUT2D eigenvalue weighted by molar-refractivity contribution is 14.1. The molecule has 0 spiro atoms. The van der Waals surface area contributed by atoms with Crippen LogP contribution in [0.5, 0.6) is 0 Å². The van der Waals surface area contributed by atoms with Crippen molar-refractivity contribution in [2.45, 2.75) is 55.6 Å². The fraction of sp³-hybridized carbons (Fsp3) is 1.00. The van der Waals surface area contributed by atoms with Crippen LogP contribution in [0.15, 0.2) is 0 Å². The summed E-state index contributed by atoms with van der Waals surface area (Å²) in [7, 11) is 0. The van der Waals surface area contributed by atoms with Crippen LogP contribution in [0, 0.1) is 0 Å². The van der Waals surface area contributed by atoms with Crippen molar-refractivity contribution >= 4 is 114 Å². The summed E-state index contributed by atoms with van der Waals surface area (Å²) in [6.45, 7) is 0. The van der Waals surface area contributed by atoms with Crippen LogP contribution >= 0.6 is 114 Å². The second-order valence-corrected chi connectivity index (χ2v) is 12.5. The molecule has 0 aromatic rings. The first kappa shape index (κ1) is 41.2. The molecule has 26 heteroatoms. The van der Waals surface area contributed by atoms with E-state index in [0.29, 0.717) is 0 Å². The summed E-state index contributed by atoms with van der Waals surface area (Å²) in [4.78, 5) is 0. The van der Waals surface area contributed by atoms with Crippen LogP contribution in [-0.4, -0.2) is 55.6 Å². The standard InChI is InChI=1S/C6F12I2.C5Cl2F8I2/c7-1(8,3(11,12)5(15,16)19)2(9,10)4(13,14)6(17,18)20;6-1(8,4(12,13)16)3(10,11)2(7,9)5(14,15)17. The summed E-state index contributed by atoms with van der Waals surface area (Å²) in [5.41, 5.74) is 0. The molecule has 0 heterocycles. The lowest BCUT2D eigenvalue weighted by Gasteiger charge is -2.39. The highest BCUT2D eigenvalue weighted by Crippen LogP contribution is 2.63. The third kappa shape index (κ3) is 7.19. The Kier molecular flexibility index (Phi) is 12.6. The van der Waals surface area contributed by atoms with Crippen molar-refractivity contribution in [3.63, 3.8) is 0 Å². The Morgan fingerprint density at radius 1 is 0.270 bits per heavy atom. The summed E-state index contributed by atoms with van der Waals surface area (Å²) in [6, 6.07) is 0. The van der Waals surface area contributed by atoms with Crippen molar-refractivity contribution in [2.24, 2.45) is 0 Å². The van der Waals surface area contributed by atoms with E-state index in [4.69, 9.17) is 0 Å². The first-order valence-electron chi connectivity index (χ1n) is 7.16. The van der Waals surface area contributed by atoms with Crippen molar-refractivity contribution < 1.29 is 87.8 Å². The maximum atomic E-state index is 13.0. The maximum Gasteiger partial charge on any atom is 0.387 e. The van der Waals surface area contributed by atoms with Gasteiger partial charge in [0.25, 0.3) is 0 Å². The summed E-state index contributed by atoms with van der Waals surface area (Å²) in [5.74, 6) is -34.9. The molecule has 0 radical (unpaired) electrons. The van der Waals surface area contributed by atoms with Crippen LogP contribution in [-0.2, 0) is 0 Å². The molecule has 2 unspecified atom stereocenters. The Labute approximate surface area is 254 Å². The van der Waals surface area contributed by atoms with Crippen LogP contribution in [0.4, 0.5) is 87.8 Å². The number of rotatable bonds is 9. The van der Waals surface area contributed by atoms with Gasteiger partial charge in [-0.3, -0.25) is 0 Å². The van der Waals surface area contributed by atoms with E-state index < -0.39 is 101 Å². The fourth-order valence-corrected chi connectivity index (χ4v) is 2.97. The lowest BCUT2D eigenvalue weighted by molar-refractivity contribution is -0.401. The number of alkyl halides is 26. The van der Waals surface area contributed by atoms with Gasteiger partial charge in [-0.25, -0.2) is 8.78 Å². The lowest BCUT2D eigenvalue weighted by atomic mass is 9.99. The second kappa shape index (κ2) is 11.3. The molecule has 0 aliphatic carbocycles. The Balaban J connectivity index is 0. The van der Waals surface area contributed by atoms with Crippen LogP contribution in [0.1, 0.15) is 0 Å². The fourth-order valence-electron chi connectivity index (χ4n) is 1.30. The third-order valence-electron chi connectivity index (χ3n) is 3.40. The molecule has 0 rings (SSSR count). The highest BCUT2D eigenvalue weighted by atomic mass is 127. The molecule has 0 amide bonds. The van der Waals surface area contributed by atoms with Crippen LogP contribution in [0.2, 0.25) is 0 Å². The third-order valence-corrected chi connectivity index (χ3v) is 7.82. The molecule has 0 aromatic heterocycles. The van der Waals surface area contributed by atoms with E-state index in [2.05, 4.69) is 23.2 Å². The normalized spacial score (nSPS) is 19.0. The van der Waals surface area contributed by atoms with Crippen molar-refractivity contribution in [3.05, 3.63) is 0 Å². The van der Waals surface area contributed by atoms with Crippen molar-refractivity contribution in [1.82, 2.24) is 0 Å². The average molecular weight is 1090 g/mol. The van der Waals surface area contributed by atoms with Crippen LogP contribution in [0.3, 0.4) is 0 Å². The molecule has 0 N–H and O–H groups in total. The van der Waals surface area contributed by atoms with Gasteiger partial charge in [-0.05, 0) is 0 Å². The molecule has 0 aromatic carbocycles. The molecular weight excluding hydrogens is 1090 g/mol. The van der Waals surface area contributed by atoms with Gasteiger partial charge >= 0.3 is 55.6 Å². The van der Waals surface area contributed by atoms with Gasteiger partial charge < -0.3 is 0 Å². The summed E-state index contributed by atoms with van der Waals surface area (Å²) < 4.78 is 230. The number of halogens is 26. The topological polar surface area (TPSA) is 0 Å². The van der Waals surface area contributed by atoms with Crippen molar-refractivity contribution in [3.8, 4) is 0 Å². The maximum absolute atomic E-state index is 13.0. The lowest BCUT2D eigenvalue weighted by Crippen LogP contribution is -2.68. The van der Waals surface area contributed by atoms with Crippen LogP contribution in [0.25, 0.3) is 0 Å². The van der Waals surface area contributed by atoms with Gasteiger partial charge in [0.15, 0.2) is 0 Å². The Morgan fingerprint density at radius 2 is 0.432 bits per heavy atom. The van der Waals surface area contributed by atoms with Gasteiger partial charge in [0.1, 0.15) is 0 Å². The van der Waals surface area contributed by atoms with E-state index >= 15 is 0 Å². The van der Waals surface area contributed by atoms with E-state index in [1.165, 1.54) is 0 Å². The van der Waals surface area contributed by atoms with Crippen molar-refractivity contribution in [1.29, 1.82) is 0 Å². The molecule has 0 aliphatic heterocycles. The first-order valence-corrected chi connectivity index (χ1v) is 12.2. The number of hydrogen-bond acceptors (Lipinski definition) is 0. The molecule has 0 aliphatic rings. The predicted octanol–water partition coefficient (Wildman–Crippen LogP) is 11.1. The predicted molar refractivity (Wildman–Crippen MR) is 120 cm³/mol. The minimum Gasteiger partial charge on any atom is -0.211 e. The van der Waals surface area contributed by atoms with Gasteiger partial charge in [-0.1, -0.05) is 23.2 Å². The minimum atomic E-state index is -7.44.